The van der Waals surface area contributed by atoms with Crippen molar-refractivity contribution < 1.29 is 5.11 Å². The Labute approximate surface area is 80.6 Å². The number of unbranched alkanes of at least 4 members (excludes halogenated alkanes) is 1. The molecule has 0 saturated heterocycles. The molecule has 1 N–H and O–H groups in total. The third-order valence-electron chi connectivity index (χ3n) is 2.32. The van der Waals surface area contributed by atoms with E-state index in [2.05, 4.69) is 13.8 Å². The standard InChI is InChI=1S/C11H19NO/c1-4-5-6-12-8-9(2)7-10(3)11(12)13/h7-8,11,13H,4-6H2,1-3H3. The fraction of sp³-hybridized carbons (Fsp3) is 0.636. The highest BCUT2D eigenvalue weighted by atomic mass is 16.3. The second-order valence-electron chi connectivity index (χ2n) is 3.73. The van der Waals surface area contributed by atoms with Crippen LogP contribution >= 0.6 is 0 Å². The number of rotatable bonds is 3. The van der Waals surface area contributed by atoms with Crippen molar-refractivity contribution in [3.63, 3.8) is 0 Å². The average molecular weight is 181 g/mol. The minimum atomic E-state index is -0.407. The molecular formula is C11H19NO. The molecule has 0 aromatic carbocycles. The van der Waals surface area contributed by atoms with Crippen molar-refractivity contribution in [2.45, 2.75) is 39.8 Å². The molecule has 0 fully saturated rings. The summed E-state index contributed by atoms with van der Waals surface area (Å²) in [4.78, 5) is 2.01. The maximum absolute atomic E-state index is 9.79. The predicted octanol–water partition coefficient (Wildman–Crippen LogP) is 2.27. The molecule has 2 nitrogen and oxygen atoms in total. The van der Waals surface area contributed by atoms with E-state index in [0.29, 0.717) is 0 Å². The van der Waals surface area contributed by atoms with Gasteiger partial charge >= 0.3 is 0 Å². The van der Waals surface area contributed by atoms with Crippen LogP contribution in [0.4, 0.5) is 0 Å². The van der Waals surface area contributed by atoms with Gasteiger partial charge in [0.2, 0.25) is 0 Å². The van der Waals surface area contributed by atoms with Crippen molar-refractivity contribution in [1.29, 1.82) is 0 Å². The van der Waals surface area contributed by atoms with E-state index >= 15 is 0 Å². The molecule has 0 amide bonds. The molecular weight excluding hydrogens is 162 g/mol. The molecule has 13 heavy (non-hydrogen) atoms. The summed E-state index contributed by atoms with van der Waals surface area (Å²) in [6.45, 7) is 7.14. The molecule has 0 aromatic rings. The lowest BCUT2D eigenvalue weighted by molar-refractivity contribution is 0.0652. The molecule has 1 atom stereocenters. The number of hydrogen-bond acceptors (Lipinski definition) is 2. The Morgan fingerprint density at radius 3 is 2.77 bits per heavy atom. The molecule has 1 heterocycles. The third kappa shape index (κ3) is 2.59. The smallest absolute Gasteiger partial charge is 0.148 e. The van der Waals surface area contributed by atoms with Crippen LogP contribution in [0.1, 0.15) is 33.6 Å². The van der Waals surface area contributed by atoms with E-state index in [1.54, 1.807) is 0 Å². The van der Waals surface area contributed by atoms with Gasteiger partial charge in [0.05, 0.1) is 0 Å². The maximum atomic E-state index is 9.79. The molecule has 1 rings (SSSR count). The Hall–Kier alpha value is -0.760. The average Bonchev–Trinajstić information content (AvgIpc) is 2.09. The number of nitrogens with zero attached hydrogens (tertiary/aromatic N) is 1. The summed E-state index contributed by atoms with van der Waals surface area (Å²) < 4.78 is 0. The highest BCUT2D eigenvalue weighted by molar-refractivity contribution is 5.26. The summed E-state index contributed by atoms with van der Waals surface area (Å²) in [5, 5.41) is 9.79. The molecule has 0 aliphatic carbocycles. The van der Waals surface area contributed by atoms with E-state index in [0.717, 1.165) is 18.5 Å². The summed E-state index contributed by atoms with van der Waals surface area (Å²) in [7, 11) is 0. The van der Waals surface area contributed by atoms with Gasteiger partial charge in [0.15, 0.2) is 0 Å². The molecule has 0 bridgehead atoms. The van der Waals surface area contributed by atoms with Crippen molar-refractivity contribution in [3.05, 3.63) is 23.4 Å². The fourth-order valence-corrected chi connectivity index (χ4v) is 1.59. The van der Waals surface area contributed by atoms with Crippen LogP contribution in [0.3, 0.4) is 0 Å². The summed E-state index contributed by atoms with van der Waals surface area (Å²) in [5.41, 5.74) is 2.26. The number of allylic oxidation sites excluding steroid dienone is 2. The molecule has 0 radical (unpaired) electrons. The lowest BCUT2D eigenvalue weighted by Gasteiger charge is -2.30. The Morgan fingerprint density at radius 2 is 2.15 bits per heavy atom. The topological polar surface area (TPSA) is 23.5 Å². The van der Waals surface area contributed by atoms with Crippen molar-refractivity contribution in [2.75, 3.05) is 6.54 Å². The first-order chi connectivity index (χ1) is 6.15. The van der Waals surface area contributed by atoms with Gasteiger partial charge in [-0.15, -0.1) is 0 Å². The summed E-state index contributed by atoms with van der Waals surface area (Å²) in [6.07, 6.45) is 5.96. The van der Waals surface area contributed by atoms with E-state index in [-0.39, 0.29) is 0 Å². The van der Waals surface area contributed by atoms with Gasteiger partial charge < -0.3 is 10.0 Å². The van der Waals surface area contributed by atoms with E-state index in [9.17, 15) is 5.11 Å². The largest absolute Gasteiger partial charge is 0.370 e. The van der Waals surface area contributed by atoms with Crippen LogP contribution < -0.4 is 0 Å². The van der Waals surface area contributed by atoms with Crippen LogP contribution in [-0.2, 0) is 0 Å². The zero-order chi connectivity index (χ0) is 9.84. The van der Waals surface area contributed by atoms with Gasteiger partial charge in [-0.1, -0.05) is 19.4 Å². The third-order valence-corrected chi connectivity index (χ3v) is 2.32. The highest BCUT2D eigenvalue weighted by Gasteiger charge is 2.16. The van der Waals surface area contributed by atoms with E-state index in [1.807, 2.05) is 24.1 Å². The van der Waals surface area contributed by atoms with E-state index in [1.165, 1.54) is 12.0 Å². The summed E-state index contributed by atoms with van der Waals surface area (Å²) in [6, 6.07) is 0. The summed E-state index contributed by atoms with van der Waals surface area (Å²) >= 11 is 0. The van der Waals surface area contributed by atoms with Crippen LogP contribution in [0, 0.1) is 0 Å². The number of aliphatic hydroxyl groups excluding tert-OH is 1. The van der Waals surface area contributed by atoms with E-state index in [4.69, 9.17) is 0 Å². The molecule has 1 aliphatic rings. The van der Waals surface area contributed by atoms with Crippen LogP contribution in [0.2, 0.25) is 0 Å². The van der Waals surface area contributed by atoms with Gasteiger partial charge in [0.25, 0.3) is 0 Å². The Morgan fingerprint density at radius 1 is 1.46 bits per heavy atom. The first-order valence-corrected chi connectivity index (χ1v) is 4.95. The van der Waals surface area contributed by atoms with Crippen molar-refractivity contribution in [2.24, 2.45) is 0 Å². The summed E-state index contributed by atoms with van der Waals surface area (Å²) in [5.74, 6) is 0. The first-order valence-electron chi connectivity index (χ1n) is 4.95. The minimum absolute atomic E-state index is 0.407. The van der Waals surface area contributed by atoms with Gasteiger partial charge in [-0.05, 0) is 31.4 Å². The lowest BCUT2D eigenvalue weighted by atomic mass is 10.1. The Kier molecular flexibility index (Phi) is 3.55. The maximum Gasteiger partial charge on any atom is 0.148 e. The fourth-order valence-electron chi connectivity index (χ4n) is 1.59. The zero-order valence-corrected chi connectivity index (χ0v) is 8.75. The normalized spacial score (nSPS) is 22.8. The molecule has 1 unspecified atom stereocenters. The second kappa shape index (κ2) is 4.47. The van der Waals surface area contributed by atoms with Crippen molar-refractivity contribution in [3.8, 4) is 0 Å². The SMILES string of the molecule is CCCCN1C=C(C)C=C(C)C1O. The monoisotopic (exact) mass is 181 g/mol. The first kappa shape index (κ1) is 10.3. The molecule has 0 aromatic heterocycles. The predicted molar refractivity (Wildman–Crippen MR) is 55.1 cm³/mol. The van der Waals surface area contributed by atoms with Gasteiger partial charge in [-0.2, -0.15) is 0 Å². The van der Waals surface area contributed by atoms with Gasteiger partial charge in [-0.25, -0.2) is 0 Å². The van der Waals surface area contributed by atoms with Gasteiger partial charge in [0.1, 0.15) is 6.23 Å². The molecule has 0 spiro atoms. The number of hydrogen-bond donors (Lipinski definition) is 1. The zero-order valence-electron chi connectivity index (χ0n) is 8.75. The van der Waals surface area contributed by atoms with Crippen molar-refractivity contribution in [1.82, 2.24) is 4.90 Å². The Balaban J connectivity index is 2.60. The molecule has 0 saturated carbocycles. The van der Waals surface area contributed by atoms with Crippen molar-refractivity contribution >= 4 is 0 Å². The lowest BCUT2D eigenvalue weighted by Crippen LogP contribution is -2.34. The minimum Gasteiger partial charge on any atom is -0.370 e. The molecule has 74 valence electrons. The number of aliphatic hydroxyl groups is 1. The van der Waals surface area contributed by atoms with Crippen LogP contribution in [0.25, 0.3) is 0 Å². The quantitative estimate of drug-likeness (QED) is 0.722. The molecule has 2 heteroatoms. The van der Waals surface area contributed by atoms with Gasteiger partial charge in [-0.3, -0.25) is 0 Å². The van der Waals surface area contributed by atoms with Crippen LogP contribution in [0.5, 0.6) is 0 Å². The van der Waals surface area contributed by atoms with E-state index < -0.39 is 6.23 Å². The second-order valence-corrected chi connectivity index (χ2v) is 3.73. The van der Waals surface area contributed by atoms with Crippen LogP contribution in [0.15, 0.2) is 23.4 Å². The highest BCUT2D eigenvalue weighted by Crippen LogP contribution is 2.18. The van der Waals surface area contributed by atoms with Crippen LogP contribution in [-0.4, -0.2) is 22.8 Å². The molecule has 1 aliphatic heterocycles. The Bertz CT molecular complexity index is 230. The van der Waals surface area contributed by atoms with Gasteiger partial charge in [0, 0.05) is 12.7 Å².